The first-order chi connectivity index (χ1) is 38.1. The summed E-state index contributed by atoms with van der Waals surface area (Å²) < 4.78 is 0. The van der Waals surface area contributed by atoms with Crippen LogP contribution < -0.4 is 0 Å². The largest absolute Gasteiger partial charge is 0.303 e. The normalized spacial score (nSPS) is 15.1. The van der Waals surface area contributed by atoms with Crippen molar-refractivity contribution in [2.24, 2.45) is 0 Å². The average molecular weight is 1040 g/mol. The maximum atomic E-state index is 13.8. The molecule has 4 aliphatic heterocycles. The van der Waals surface area contributed by atoms with Crippen LogP contribution in [0.3, 0.4) is 0 Å². The summed E-state index contributed by atoms with van der Waals surface area (Å²) in [6.07, 6.45) is 3.49. The number of nitrogens with zero attached hydrogens (tertiary/aromatic N) is 6. The SMILES string of the molecule is O=C1c2cccc3cccc(c23)C(=O)N1CCCN(CCCCN(CCCN1C(=O)c2cccc3cccc(c23)C1=O)CCCN1C(=O)c2cccc3cccc(c23)C1=O)CCCN1C(=O)c2cccc3cccc(c23)C1=O. The first kappa shape index (κ1) is 50.1. The van der Waals surface area contributed by atoms with Crippen molar-refractivity contribution >= 4 is 90.3 Å². The molecule has 78 heavy (non-hydrogen) atoms. The van der Waals surface area contributed by atoms with Crippen LogP contribution in [0.25, 0.3) is 43.1 Å². The van der Waals surface area contributed by atoms with Crippen LogP contribution >= 0.6 is 0 Å². The molecule has 0 N–H and O–H groups in total. The highest BCUT2D eigenvalue weighted by atomic mass is 16.2. The molecule has 4 heterocycles. The summed E-state index contributed by atoms with van der Waals surface area (Å²) in [6.45, 7) is 4.30. The standard InChI is InChI=1S/C64H56N6O8/c71-57-45-23-3-15-41-16-4-24-46(53(41)45)58(72)67(57)37-11-33-65(34-12-38-68-59(73)47-25-5-17-42-18-6-26-48(54(42)47)60(68)74)31-1-2-32-66(35-13-39-69-61(75)49-27-7-19-43-20-8-28-50(55(43)49)62(69)76)36-14-40-70-63(77)51-29-9-21-44-22-10-30-52(56(44)51)64(70)78/h3-10,15-30H,1-2,11-14,31-40H2. The van der Waals surface area contributed by atoms with Crippen LogP contribution in [-0.4, -0.2) is 142 Å². The summed E-state index contributed by atoms with van der Waals surface area (Å²) in [7, 11) is 0. The summed E-state index contributed by atoms with van der Waals surface area (Å²) in [5.74, 6) is -2.55. The molecular weight excluding hydrogens is 981 g/mol. The fourth-order valence-electron chi connectivity index (χ4n) is 12.3. The second-order valence-electron chi connectivity index (χ2n) is 20.7. The fourth-order valence-corrected chi connectivity index (χ4v) is 12.3. The van der Waals surface area contributed by atoms with Gasteiger partial charge in [0.25, 0.3) is 47.3 Å². The zero-order valence-electron chi connectivity index (χ0n) is 43.1. The van der Waals surface area contributed by atoms with E-state index in [1.807, 2.05) is 97.1 Å². The predicted molar refractivity (Wildman–Crippen MR) is 298 cm³/mol. The summed E-state index contributed by atoms with van der Waals surface area (Å²) >= 11 is 0. The number of carbonyl (C=O) groups is 8. The number of carbonyl (C=O) groups excluding carboxylic acids is 8. The Morgan fingerprint density at radius 3 is 0.577 bits per heavy atom. The van der Waals surface area contributed by atoms with Gasteiger partial charge in [-0.05, 0) is 148 Å². The fraction of sp³-hybridized carbons (Fsp3) is 0.250. The van der Waals surface area contributed by atoms with Crippen LogP contribution in [0.4, 0.5) is 0 Å². The Morgan fingerprint density at radius 1 is 0.231 bits per heavy atom. The van der Waals surface area contributed by atoms with Gasteiger partial charge in [-0.1, -0.05) is 97.1 Å². The van der Waals surface area contributed by atoms with Crippen LogP contribution in [0.2, 0.25) is 0 Å². The highest BCUT2D eigenvalue weighted by Crippen LogP contribution is 2.34. The van der Waals surface area contributed by atoms with Gasteiger partial charge < -0.3 is 9.80 Å². The molecule has 0 spiro atoms. The van der Waals surface area contributed by atoms with Crippen LogP contribution in [0, 0.1) is 0 Å². The zero-order valence-corrected chi connectivity index (χ0v) is 43.1. The maximum absolute atomic E-state index is 13.8. The highest BCUT2D eigenvalue weighted by molar-refractivity contribution is 6.28. The molecule has 4 aliphatic rings. The third-order valence-electron chi connectivity index (χ3n) is 16.0. The first-order valence-electron chi connectivity index (χ1n) is 27.0. The lowest BCUT2D eigenvalue weighted by atomic mass is 9.94. The van der Waals surface area contributed by atoms with Crippen molar-refractivity contribution in [3.63, 3.8) is 0 Å². The second-order valence-corrected chi connectivity index (χ2v) is 20.7. The molecule has 390 valence electrons. The minimum absolute atomic E-state index is 0.210. The Hall–Kier alpha value is -8.72. The molecule has 14 nitrogen and oxygen atoms in total. The van der Waals surface area contributed by atoms with Gasteiger partial charge >= 0.3 is 0 Å². The van der Waals surface area contributed by atoms with Crippen molar-refractivity contribution in [3.05, 3.63) is 190 Å². The number of hydrogen-bond acceptors (Lipinski definition) is 10. The summed E-state index contributed by atoms with van der Waals surface area (Å²) in [5.41, 5.74) is 4.05. The van der Waals surface area contributed by atoms with E-state index in [0.717, 1.165) is 34.4 Å². The molecule has 0 radical (unpaired) electrons. The summed E-state index contributed by atoms with van der Waals surface area (Å²) in [4.78, 5) is 121. The number of hydrogen-bond donors (Lipinski definition) is 0. The molecule has 8 amide bonds. The highest BCUT2D eigenvalue weighted by Gasteiger charge is 2.36. The average Bonchev–Trinajstić information content (AvgIpc) is 3.56. The van der Waals surface area contributed by atoms with Crippen molar-refractivity contribution in [2.75, 3.05) is 65.4 Å². The topological polar surface area (TPSA) is 156 Å². The van der Waals surface area contributed by atoms with E-state index in [-0.39, 0.29) is 73.4 Å². The van der Waals surface area contributed by atoms with E-state index in [1.165, 1.54) is 19.6 Å². The summed E-state index contributed by atoms with van der Waals surface area (Å²) in [6, 6.07) is 44.0. The Labute approximate surface area is 450 Å². The second kappa shape index (κ2) is 21.0. The van der Waals surface area contributed by atoms with E-state index in [4.69, 9.17) is 0 Å². The Bertz CT molecular complexity index is 3160. The molecular formula is C64H56N6O8. The third kappa shape index (κ3) is 8.90. The van der Waals surface area contributed by atoms with Gasteiger partial charge in [-0.2, -0.15) is 0 Å². The van der Waals surface area contributed by atoms with Crippen molar-refractivity contribution in [1.82, 2.24) is 29.4 Å². The van der Waals surface area contributed by atoms with Crippen molar-refractivity contribution in [1.29, 1.82) is 0 Å². The predicted octanol–water partition coefficient (Wildman–Crippen LogP) is 9.73. The molecule has 0 unspecified atom stereocenters. The van der Waals surface area contributed by atoms with Gasteiger partial charge in [0.1, 0.15) is 0 Å². The molecule has 0 saturated heterocycles. The summed E-state index contributed by atoms with van der Waals surface area (Å²) in [5, 5.41) is 6.08. The lowest BCUT2D eigenvalue weighted by molar-refractivity contribution is 0.0578. The number of amides is 8. The minimum atomic E-state index is -0.319. The van der Waals surface area contributed by atoms with Crippen molar-refractivity contribution in [3.8, 4) is 0 Å². The van der Waals surface area contributed by atoms with Gasteiger partial charge in [0, 0.05) is 92.2 Å². The number of benzene rings is 8. The Balaban J connectivity index is 0.727. The number of unbranched alkanes of at least 4 members (excludes halogenated alkanes) is 1. The molecule has 8 aromatic rings. The quantitative estimate of drug-likeness (QED) is 0.0502. The van der Waals surface area contributed by atoms with E-state index in [9.17, 15) is 38.4 Å². The molecule has 0 fully saturated rings. The minimum Gasteiger partial charge on any atom is -0.303 e. The number of rotatable bonds is 21. The van der Waals surface area contributed by atoms with E-state index in [0.29, 0.717) is 131 Å². The van der Waals surface area contributed by atoms with E-state index in [2.05, 4.69) is 9.80 Å². The molecule has 0 aliphatic carbocycles. The van der Waals surface area contributed by atoms with Crippen LogP contribution in [0.5, 0.6) is 0 Å². The first-order valence-corrected chi connectivity index (χ1v) is 27.0. The van der Waals surface area contributed by atoms with Crippen molar-refractivity contribution in [2.45, 2.75) is 38.5 Å². The Morgan fingerprint density at radius 2 is 0.397 bits per heavy atom. The molecule has 0 saturated carbocycles. The van der Waals surface area contributed by atoms with Gasteiger partial charge in [-0.3, -0.25) is 58.0 Å². The zero-order chi connectivity index (χ0) is 53.6. The van der Waals surface area contributed by atoms with Crippen LogP contribution in [0.15, 0.2) is 146 Å². The lowest BCUT2D eigenvalue weighted by Gasteiger charge is -2.30. The van der Waals surface area contributed by atoms with Crippen LogP contribution in [0.1, 0.15) is 121 Å². The van der Waals surface area contributed by atoms with E-state index < -0.39 is 0 Å². The van der Waals surface area contributed by atoms with E-state index >= 15 is 0 Å². The molecule has 12 rings (SSSR count). The third-order valence-corrected chi connectivity index (χ3v) is 16.0. The number of imide groups is 4. The lowest BCUT2D eigenvalue weighted by Crippen LogP contribution is -2.43. The molecule has 0 atom stereocenters. The molecule has 8 aromatic carbocycles. The van der Waals surface area contributed by atoms with Gasteiger partial charge in [0.05, 0.1) is 0 Å². The van der Waals surface area contributed by atoms with Gasteiger partial charge in [-0.25, -0.2) is 0 Å². The van der Waals surface area contributed by atoms with Crippen LogP contribution in [-0.2, 0) is 0 Å². The van der Waals surface area contributed by atoms with Crippen molar-refractivity contribution < 1.29 is 38.4 Å². The monoisotopic (exact) mass is 1040 g/mol. The van der Waals surface area contributed by atoms with Gasteiger partial charge in [0.15, 0.2) is 0 Å². The smallest absolute Gasteiger partial charge is 0.261 e. The van der Waals surface area contributed by atoms with E-state index in [1.54, 1.807) is 48.5 Å². The van der Waals surface area contributed by atoms with Gasteiger partial charge in [0.2, 0.25) is 0 Å². The molecule has 14 heteroatoms. The Kier molecular flexibility index (Phi) is 13.5. The van der Waals surface area contributed by atoms with Gasteiger partial charge in [-0.15, -0.1) is 0 Å². The molecule has 0 bridgehead atoms. The molecule has 0 aromatic heterocycles. The maximum Gasteiger partial charge on any atom is 0.261 e.